The van der Waals surface area contributed by atoms with Crippen LogP contribution in [0.15, 0.2) is 5.16 Å². The summed E-state index contributed by atoms with van der Waals surface area (Å²) in [5, 5.41) is 12.2. The van der Waals surface area contributed by atoms with Crippen molar-refractivity contribution in [1.29, 1.82) is 0 Å². The van der Waals surface area contributed by atoms with Gasteiger partial charge in [0.2, 0.25) is 5.91 Å². The number of ether oxygens (including phenoxy) is 1. The van der Waals surface area contributed by atoms with Crippen molar-refractivity contribution in [3.63, 3.8) is 0 Å². The van der Waals surface area contributed by atoms with Crippen molar-refractivity contribution >= 4 is 11.7 Å². The summed E-state index contributed by atoms with van der Waals surface area (Å²) in [4.78, 5) is 14.8. The Labute approximate surface area is 119 Å². The summed E-state index contributed by atoms with van der Waals surface area (Å²) in [7, 11) is 1.69. The molecule has 0 bridgehead atoms. The van der Waals surface area contributed by atoms with Crippen LogP contribution >= 0.6 is 0 Å². The average molecular weight is 283 g/mol. The Morgan fingerprint density at radius 3 is 2.75 bits per heavy atom. The molecule has 1 unspecified atom stereocenters. The van der Waals surface area contributed by atoms with E-state index in [1.165, 1.54) is 0 Å². The molecule has 6 nitrogen and oxygen atoms in total. The van der Waals surface area contributed by atoms with Gasteiger partial charge in [-0.05, 0) is 31.6 Å². The Balaban J connectivity index is 2.12. The molecule has 20 heavy (non-hydrogen) atoms. The molecule has 3 N–H and O–H groups in total. The number of methoxy groups -OCH3 is 1. The molecule has 0 aromatic rings. The van der Waals surface area contributed by atoms with Crippen LogP contribution < -0.4 is 5.73 Å². The number of piperidine rings is 1. The zero-order valence-electron chi connectivity index (χ0n) is 12.2. The third-order valence-electron chi connectivity index (χ3n) is 4.67. The van der Waals surface area contributed by atoms with E-state index in [-0.39, 0.29) is 11.7 Å². The molecule has 0 radical (unpaired) electrons. The first kappa shape index (κ1) is 15.1. The number of amides is 1. The molecule has 114 valence electrons. The maximum absolute atomic E-state index is 12.9. The van der Waals surface area contributed by atoms with E-state index in [4.69, 9.17) is 15.7 Å². The highest BCUT2D eigenvalue weighted by Gasteiger charge is 2.48. The quantitative estimate of drug-likeness (QED) is 0.351. The molecule has 2 fully saturated rings. The van der Waals surface area contributed by atoms with E-state index in [9.17, 15) is 4.79 Å². The SMILES string of the molecule is COCC1CCCN(C(=O)C2(C(N)=NO)CCCC2)C1. The van der Waals surface area contributed by atoms with Gasteiger partial charge in [-0.15, -0.1) is 0 Å². The minimum atomic E-state index is -0.774. The molecule has 0 aromatic heterocycles. The fourth-order valence-electron chi connectivity index (χ4n) is 3.58. The number of hydrogen-bond acceptors (Lipinski definition) is 4. The number of rotatable bonds is 4. The molecule has 1 heterocycles. The molecule has 0 spiro atoms. The van der Waals surface area contributed by atoms with Crippen LogP contribution in [-0.2, 0) is 9.53 Å². The van der Waals surface area contributed by atoms with Crippen molar-refractivity contribution in [2.75, 3.05) is 26.8 Å². The van der Waals surface area contributed by atoms with E-state index in [0.29, 0.717) is 31.9 Å². The lowest BCUT2D eigenvalue weighted by molar-refractivity contribution is -0.140. The minimum Gasteiger partial charge on any atom is -0.409 e. The Hall–Kier alpha value is -1.30. The van der Waals surface area contributed by atoms with E-state index < -0.39 is 5.41 Å². The first-order valence-electron chi connectivity index (χ1n) is 7.40. The summed E-state index contributed by atoms with van der Waals surface area (Å²) in [5.41, 5.74) is 5.07. The largest absolute Gasteiger partial charge is 0.409 e. The van der Waals surface area contributed by atoms with Crippen molar-refractivity contribution in [3.8, 4) is 0 Å². The normalized spacial score (nSPS) is 26.8. The monoisotopic (exact) mass is 283 g/mol. The van der Waals surface area contributed by atoms with E-state index in [2.05, 4.69) is 5.16 Å². The van der Waals surface area contributed by atoms with Crippen LogP contribution in [0.1, 0.15) is 38.5 Å². The molecule has 1 aliphatic heterocycles. The second kappa shape index (κ2) is 6.43. The summed E-state index contributed by atoms with van der Waals surface area (Å²) >= 11 is 0. The van der Waals surface area contributed by atoms with Gasteiger partial charge in [0, 0.05) is 20.2 Å². The van der Waals surface area contributed by atoms with Crippen molar-refractivity contribution in [2.24, 2.45) is 22.2 Å². The van der Waals surface area contributed by atoms with Crippen molar-refractivity contribution in [2.45, 2.75) is 38.5 Å². The lowest BCUT2D eigenvalue weighted by atomic mass is 9.82. The molecule has 1 aliphatic carbocycles. The first-order valence-corrected chi connectivity index (χ1v) is 7.40. The second-order valence-electron chi connectivity index (χ2n) is 5.99. The van der Waals surface area contributed by atoms with Gasteiger partial charge in [0.1, 0.15) is 5.41 Å². The standard InChI is InChI=1S/C14H25N3O3/c1-20-10-11-5-4-8-17(9-11)13(18)14(12(15)16-19)6-2-3-7-14/h11,19H,2-10H2,1H3,(H2,15,16). The lowest BCUT2D eigenvalue weighted by Gasteiger charge is -2.38. The fourth-order valence-corrected chi connectivity index (χ4v) is 3.58. The summed E-state index contributed by atoms with van der Waals surface area (Å²) < 4.78 is 5.20. The molecule has 2 aliphatic rings. The lowest BCUT2D eigenvalue weighted by Crippen LogP contribution is -2.53. The summed E-state index contributed by atoms with van der Waals surface area (Å²) in [6.45, 7) is 2.16. The smallest absolute Gasteiger partial charge is 0.236 e. The van der Waals surface area contributed by atoms with Crippen LogP contribution in [0.5, 0.6) is 0 Å². The Bertz CT molecular complexity index is 376. The van der Waals surface area contributed by atoms with Crippen LogP contribution in [0.3, 0.4) is 0 Å². The van der Waals surface area contributed by atoms with Gasteiger partial charge < -0.3 is 20.6 Å². The zero-order chi connectivity index (χ0) is 14.6. The van der Waals surface area contributed by atoms with Gasteiger partial charge in [0.05, 0.1) is 6.61 Å². The molecular formula is C14H25N3O3. The number of amidine groups is 1. The van der Waals surface area contributed by atoms with Crippen molar-refractivity contribution < 1.29 is 14.7 Å². The topological polar surface area (TPSA) is 88.2 Å². The number of oxime groups is 1. The zero-order valence-corrected chi connectivity index (χ0v) is 12.2. The summed E-state index contributed by atoms with van der Waals surface area (Å²) in [6.07, 6.45) is 5.37. The predicted molar refractivity (Wildman–Crippen MR) is 75.5 cm³/mol. The number of nitrogens with zero attached hydrogens (tertiary/aromatic N) is 2. The van der Waals surface area contributed by atoms with Crippen LogP contribution in [0.2, 0.25) is 0 Å². The molecule has 0 aromatic carbocycles. The Morgan fingerprint density at radius 2 is 2.15 bits per heavy atom. The highest BCUT2D eigenvalue weighted by molar-refractivity contribution is 6.07. The van der Waals surface area contributed by atoms with Crippen molar-refractivity contribution in [3.05, 3.63) is 0 Å². The summed E-state index contributed by atoms with van der Waals surface area (Å²) in [6, 6.07) is 0. The van der Waals surface area contributed by atoms with Crippen LogP contribution in [0, 0.1) is 11.3 Å². The molecule has 1 saturated carbocycles. The van der Waals surface area contributed by atoms with Crippen LogP contribution in [0.25, 0.3) is 0 Å². The molecular weight excluding hydrogens is 258 g/mol. The predicted octanol–water partition coefficient (Wildman–Crippen LogP) is 1.18. The van der Waals surface area contributed by atoms with E-state index in [1.807, 2.05) is 4.90 Å². The van der Waals surface area contributed by atoms with Gasteiger partial charge in [0.25, 0.3) is 0 Å². The molecule has 1 atom stereocenters. The third kappa shape index (κ3) is 2.75. The van der Waals surface area contributed by atoms with Gasteiger partial charge in [-0.3, -0.25) is 4.79 Å². The van der Waals surface area contributed by atoms with Gasteiger partial charge in [0.15, 0.2) is 5.84 Å². The van der Waals surface area contributed by atoms with Crippen LogP contribution in [0.4, 0.5) is 0 Å². The molecule has 6 heteroatoms. The number of carbonyl (C=O) groups excluding carboxylic acids is 1. The average Bonchev–Trinajstić information content (AvgIpc) is 2.97. The molecule has 1 saturated heterocycles. The minimum absolute atomic E-state index is 0.0334. The van der Waals surface area contributed by atoms with Crippen LogP contribution in [-0.4, -0.2) is 48.7 Å². The van der Waals surface area contributed by atoms with E-state index >= 15 is 0 Å². The Morgan fingerprint density at radius 1 is 1.45 bits per heavy atom. The number of nitrogens with two attached hydrogens (primary N) is 1. The maximum Gasteiger partial charge on any atom is 0.236 e. The van der Waals surface area contributed by atoms with Gasteiger partial charge in [-0.1, -0.05) is 18.0 Å². The molecule has 2 rings (SSSR count). The Kier molecular flexibility index (Phi) is 4.86. The highest BCUT2D eigenvalue weighted by atomic mass is 16.5. The van der Waals surface area contributed by atoms with Gasteiger partial charge >= 0.3 is 0 Å². The van der Waals surface area contributed by atoms with E-state index in [1.54, 1.807) is 7.11 Å². The third-order valence-corrected chi connectivity index (χ3v) is 4.67. The van der Waals surface area contributed by atoms with Gasteiger partial charge in [-0.25, -0.2) is 0 Å². The first-order chi connectivity index (χ1) is 9.64. The second-order valence-corrected chi connectivity index (χ2v) is 5.99. The fraction of sp³-hybridized carbons (Fsp3) is 0.857. The van der Waals surface area contributed by atoms with Crippen molar-refractivity contribution in [1.82, 2.24) is 4.90 Å². The van der Waals surface area contributed by atoms with Gasteiger partial charge in [-0.2, -0.15) is 0 Å². The number of hydrogen-bond donors (Lipinski definition) is 2. The highest BCUT2D eigenvalue weighted by Crippen LogP contribution is 2.40. The number of carbonyl (C=O) groups is 1. The number of likely N-dealkylation sites (tertiary alicyclic amines) is 1. The summed E-state index contributed by atoms with van der Waals surface area (Å²) in [5.74, 6) is 0.503. The van der Waals surface area contributed by atoms with E-state index in [0.717, 1.165) is 32.2 Å². The maximum atomic E-state index is 12.9. The molecule has 1 amide bonds.